The number of hydrogen-bond donors (Lipinski definition) is 1. The molecule has 0 aliphatic rings. The summed E-state index contributed by atoms with van der Waals surface area (Å²) in [5.74, 6) is -0.599. The van der Waals surface area contributed by atoms with Gasteiger partial charge in [-0.1, -0.05) is 11.6 Å². The number of aryl methyl sites for hydroxylation is 1. The van der Waals surface area contributed by atoms with Gasteiger partial charge in [-0.25, -0.2) is 0 Å². The van der Waals surface area contributed by atoms with Crippen molar-refractivity contribution in [3.8, 4) is 11.8 Å². The first-order chi connectivity index (χ1) is 11.4. The number of carbonyl (C=O) groups is 1. The van der Waals surface area contributed by atoms with Gasteiger partial charge in [0.2, 0.25) is 0 Å². The highest BCUT2D eigenvalue weighted by molar-refractivity contribution is 6.10. The van der Waals surface area contributed by atoms with Crippen molar-refractivity contribution < 1.29 is 14.6 Å². The Kier molecular flexibility index (Phi) is 5.17. The first-order valence-electron chi connectivity index (χ1n) is 7.38. The quantitative estimate of drug-likeness (QED) is 0.850. The number of aromatic hydroxyl groups is 1. The van der Waals surface area contributed by atoms with Gasteiger partial charge in [0.25, 0.3) is 5.56 Å². The highest BCUT2D eigenvalue weighted by Gasteiger charge is 2.19. The number of phenols is 1. The van der Waals surface area contributed by atoms with Crippen molar-refractivity contribution in [1.82, 2.24) is 4.57 Å². The highest BCUT2D eigenvalue weighted by atomic mass is 16.5. The van der Waals surface area contributed by atoms with Gasteiger partial charge in [-0.2, -0.15) is 5.26 Å². The Hall–Kier alpha value is -2.91. The SMILES string of the molecule is COC[C@@H](C)n1cc(C(=O)c2cc(C)ccc2O)cc(C#N)c1=O. The third-order valence-electron chi connectivity index (χ3n) is 3.70. The largest absolute Gasteiger partial charge is 0.507 e. The zero-order valence-electron chi connectivity index (χ0n) is 13.7. The molecule has 1 heterocycles. The molecule has 0 aliphatic carbocycles. The molecule has 6 heteroatoms. The number of phenolic OH excluding ortho intramolecular Hbond substituents is 1. The number of carbonyl (C=O) groups excluding carboxylic acids is 1. The molecule has 2 rings (SSSR count). The lowest BCUT2D eigenvalue weighted by molar-refractivity contribution is 0.103. The van der Waals surface area contributed by atoms with Gasteiger partial charge in [-0.05, 0) is 32.0 Å². The fourth-order valence-electron chi connectivity index (χ4n) is 2.44. The van der Waals surface area contributed by atoms with Crippen molar-refractivity contribution in [2.75, 3.05) is 13.7 Å². The van der Waals surface area contributed by atoms with Crippen LogP contribution in [-0.2, 0) is 4.74 Å². The number of rotatable bonds is 5. The van der Waals surface area contributed by atoms with Crippen LogP contribution in [0, 0.1) is 18.3 Å². The Bertz CT molecular complexity index is 878. The Labute approximate surface area is 139 Å². The second-order valence-electron chi connectivity index (χ2n) is 5.62. The van der Waals surface area contributed by atoms with E-state index in [0.29, 0.717) is 0 Å². The molecule has 0 bridgehead atoms. The molecule has 1 atom stereocenters. The number of aromatic nitrogens is 1. The second-order valence-corrected chi connectivity index (χ2v) is 5.62. The van der Waals surface area contributed by atoms with Crippen LogP contribution in [0.3, 0.4) is 0 Å². The zero-order chi connectivity index (χ0) is 17.9. The van der Waals surface area contributed by atoms with E-state index in [9.17, 15) is 20.0 Å². The molecule has 0 unspecified atom stereocenters. The molecule has 0 fully saturated rings. The van der Waals surface area contributed by atoms with Crippen LogP contribution in [0.15, 0.2) is 35.3 Å². The van der Waals surface area contributed by atoms with Crippen LogP contribution in [-0.4, -0.2) is 29.2 Å². The predicted octanol–water partition coefficient (Wildman–Crippen LogP) is 2.17. The monoisotopic (exact) mass is 326 g/mol. The summed E-state index contributed by atoms with van der Waals surface area (Å²) < 4.78 is 6.35. The third kappa shape index (κ3) is 3.36. The Balaban J connectivity index is 2.60. The summed E-state index contributed by atoms with van der Waals surface area (Å²) in [6.45, 7) is 3.82. The molecule has 1 aromatic carbocycles. The van der Waals surface area contributed by atoms with Crippen LogP contribution in [0.2, 0.25) is 0 Å². The number of benzene rings is 1. The van der Waals surface area contributed by atoms with E-state index in [1.807, 2.05) is 6.07 Å². The number of nitriles is 1. The van der Waals surface area contributed by atoms with Crippen molar-refractivity contribution >= 4 is 5.78 Å². The van der Waals surface area contributed by atoms with E-state index < -0.39 is 11.3 Å². The summed E-state index contributed by atoms with van der Waals surface area (Å²) >= 11 is 0. The van der Waals surface area contributed by atoms with Crippen LogP contribution in [0.5, 0.6) is 5.75 Å². The van der Waals surface area contributed by atoms with Gasteiger partial charge in [0.1, 0.15) is 17.4 Å². The molecule has 0 amide bonds. The second kappa shape index (κ2) is 7.11. The van der Waals surface area contributed by atoms with Crippen molar-refractivity contribution in [3.05, 3.63) is 63.1 Å². The van der Waals surface area contributed by atoms with Crippen LogP contribution in [0.1, 0.15) is 40.0 Å². The van der Waals surface area contributed by atoms with Crippen molar-refractivity contribution in [2.45, 2.75) is 19.9 Å². The number of pyridine rings is 1. The van der Waals surface area contributed by atoms with Crippen molar-refractivity contribution in [1.29, 1.82) is 5.26 Å². The molecule has 0 saturated carbocycles. The van der Waals surface area contributed by atoms with Crippen LogP contribution < -0.4 is 5.56 Å². The van der Waals surface area contributed by atoms with Crippen LogP contribution in [0.25, 0.3) is 0 Å². The minimum absolute atomic E-state index is 0.128. The number of nitrogens with zero attached hydrogens (tertiary/aromatic N) is 2. The van der Waals surface area contributed by atoms with Crippen molar-refractivity contribution in [3.63, 3.8) is 0 Å². The van der Waals surface area contributed by atoms with E-state index in [-0.39, 0.29) is 35.1 Å². The average molecular weight is 326 g/mol. The first-order valence-corrected chi connectivity index (χ1v) is 7.38. The lowest BCUT2D eigenvalue weighted by atomic mass is 10.0. The zero-order valence-corrected chi connectivity index (χ0v) is 13.7. The molecule has 0 radical (unpaired) electrons. The maximum absolute atomic E-state index is 12.7. The summed E-state index contributed by atoms with van der Waals surface area (Å²) in [6.07, 6.45) is 1.40. The van der Waals surface area contributed by atoms with Crippen LogP contribution in [0.4, 0.5) is 0 Å². The number of methoxy groups -OCH3 is 1. The summed E-state index contributed by atoms with van der Waals surface area (Å²) in [5.41, 5.74) is 0.499. The van der Waals surface area contributed by atoms with Gasteiger partial charge >= 0.3 is 0 Å². The molecule has 2 aromatic rings. The summed E-state index contributed by atoms with van der Waals surface area (Å²) in [4.78, 5) is 25.0. The molecular weight excluding hydrogens is 308 g/mol. The van der Waals surface area contributed by atoms with E-state index in [1.54, 1.807) is 26.0 Å². The first kappa shape index (κ1) is 17.4. The van der Waals surface area contributed by atoms with Gasteiger partial charge in [-0.15, -0.1) is 0 Å². The third-order valence-corrected chi connectivity index (χ3v) is 3.70. The van der Waals surface area contributed by atoms with Gasteiger partial charge in [-0.3, -0.25) is 9.59 Å². The number of ether oxygens (including phenoxy) is 1. The molecule has 1 N–H and O–H groups in total. The van der Waals surface area contributed by atoms with E-state index in [0.717, 1.165) is 5.56 Å². The van der Waals surface area contributed by atoms with Gasteiger partial charge in [0.15, 0.2) is 5.78 Å². The predicted molar refractivity (Wildman–Crippen MR) is 88.3 cm³/mol. The van der Waals surface area contributed by atoms with E-state index in [4.69, 9.17) is 4.74 Å². The summed E-state index contributed by atoms with van der Waals surface area (Å²) in [7, 11) is 1.51. The fraction of sp³-hybridized carbons (Fsp3) is 0.278. The molecule has 1 aromatic heterocycles. The molecule has 124 valence electrons. The molecule has 6 nitrogen and oxygen atoms in total. The highest BCUT2D eigenvalue weighted by Crippen LogP contribution is 2.22. The van der Waals surface area contributed by atoms with Gasteiger partial charge < -0.3 is 14.4 Å². The maximum Gasteiger partial charge on any atom is 0.268 e. The molecule has 0 saturated heterocycles. The summed E-state index contributed by atoms with van der Waals surface area (Å²) in [6, 6.07) is 7.43. The van der Waals surface area contributed by atoms with Crippen LogP contribution >= 0.6 is 0 Å². The van der Waals surface area contributed by atoms with Gasteiger partial charge in [0.05, 0.1) is 18.2 Å². The Morgan fingerprint density at radius 1 is 1.42 bits per heavy atom. The normalized spacial score (nSPS) is 11.8. The van der Waals surface area contributed by atoms with Gasteiger partial charge in [0, 0.05) is 18.9 Å². The number of hydrogen-bond acceptors (Lipinski definition) is 5. The Morgan fingerprint density at radius 3 is 2.75 bits per heavy atom. The lowest BCUT2D eigenvalue weighted by Gasteiger charge is -2.16. The van der Waals surface area contributed by atoms with E-state index in [2.05, 4.69) is 0 Å². The minimum atomic E-state index is -0.480. The molecular formula is C18H18N2O4. The molecule has 24 heavy (non-hydrogen) atoms. The van der Waals surface area contributed by atoms with E-state index >= 15 is 0 Å². The fourth-order valence-corrected chi connectivity index (χ4v) is 2.44. The molecule has 0 spiro atoms. The Morgan fingerprint density at radius 2 is 2.12 bits per heavy atom. The topological polar surface area (TPSA) is 92.3 Å². The average Bonchev–Trinajstić information content (AvgIpc) is 2.56. The number of ketones is 1. The maximum atomic E-state index is 12.7. The minimum Gasteiger partial charge on any atom is -0.507 e. The lowest BCUT2D eigenvalue weighted by Crippen LogP contribution is -2.28. The summed E-state index contributed by atoms with van der Waals surface area (Å²) in [5, 5.41) is 19.1. The molecule has 0 aliphatic heterocycles. The smallest absolute Gasteiger partial charge is 0.268 e. The van der Waals surface area contributed by atoms with Crippen molar-refractivity contribution in [2.24, 2.45) is 0 Å². The van der Waals surface area contributed by atoms with E-state index in [1.165, 1.54) is 30.0 Å². The standard InChI is InChI=1S/C18H18N2O4/c1-11-4-5-16(21)15(6-11)17(22)14-7-13(8-19)18(23)20(9-14)12(2)10-24-3/h4-7,9,12,21H,10H2,1-3H3/t12-/m1/s1.